The number of hydrogen-bond donors (Lipinski definition) is 0. The molecular formula is C7H9NOS. The molecule has 0 aliphatic rings. The van der Waals surface area contributed by atoms with E-state index in [0.717, 1.165) is 11.3 Å². The van der Waals surface area contributed by atoms with Crippen molar-refractivity contribution in [2.45, 2.75) is 19.3 Å². The maximum atomic E-state index is 10.1. The van der Waals surface area contributed by atoms with Gasteiger partial charge in [-0.2, -0.15) is 0 Å². The average Bonchev–Trinajstić information content (AvgIpc) is 2.38. The molecule has 10 heavy (non-hydrogen) atoms. The normalized spacial score (nSPS) is 12.9. The number of thiazole rings is 1. The molecule has 0 aliphatic carbocycles. The molecule has 1 rings (SSSR count). The van der Waals surface area contributed by atoms with Crippen molar-refractivity contribution in [3.63, 3.8) is 0 Å². The standard InChI is InChI=1S/C7H9NOS/c1-6(2-4-9)7-8-3-5-10-7/h3-6H,2H2,1H3/t6-/m1/s1. The van der Waals surface area contributed by atoms with Crippen LogP contribution in [0.2, 0.25) is 0 Å². The Morgan fingerprint density at radius 1 is 1.90 bits per heavy atom. The van der Waals surface area contributed by atoms with Gasteiger partial charge in [0.25, 0.3) is 0 Å². The zero-order chi connectivity index (χ0) is 7.40. The zero-order valence-electron chi connectivity index (χ0n) is 5.78. The summed E-state index contributed by atoms with van der Waals surface area (Å²) in [5, 5.41) is 2.98. The Bertz CT molecular complexity index is 195. The van der Waals surface area contributed by atoms with Crippen LogP contribution in [0.25, 0.3) is 0 Å². The molecule has 0 amide bonds. The number of hydrogen-bond acceptors (Lipinski definition) is 3. The van der Waals surface area contributed by atoms with Crippen LogP contribution in [-0.4, -0.2) is 11.3 Å². The minimum Gasteiger partial charge on any atom is -0.303 e. The molecular weight excluding hydrogens is 146 g/mol. The molecule has 0 saturated carbocycles. The Kier molecular flexibility index (Phi) is 2.57. The Morgan fingerprint density at radius 2 is 2.70 bits per heavy atom. The third-order valence-corrected chi connectivity index (χ3v) is 2.33. The number of carbonyl (C=O) groups excluding carboxylic acids is 1. The third-order valence-electron chi connectivity index (χ3n) is 1.32. The lowest BCUT2D eigenvalue weighted by Crippen LogP contribution is -1.91. The van der Waals surface area contributed by atoms with Crippen molar-refractivity contribution in [1.29, 1.82) is 0 Å². The van der Waals surface area contributed by atoms with Gasteiger partial charge in [0.2, 0.25) is 0 Å². The fraction of sp³-hybridized carbons (Fsp3) is 0.429. The van der Waals surface area contributed by atoms with Gasteiger partial charge in [0, 0.05) is 23.9 Å². The predicted molar refractivity (Wildman–Crippen MR) is 41.2 cm³/mol. The molecule has 1 atom stereocenters. The van der Waals surface area contributed by atoms with E-state index in [2.05, 4.69) is 4.98 Å². The molecule has 0 aromatic carbocycles. The van der Waals surface area contributed by atoms with E-state index in [1.165, 1.54) is 0 Å². The number of nitrogens with zero attached hydrogens (tertiary/aromatic N) is 1. The van der Waals surface area contributed by atoms with Crippen LogP contribution in [0.3, 0.4) is 0 Å². The first-order valence-corrected chi connectivity index (χ1v) is 4.05. The van der Waals surface area contributed by atoms with Gasteiger partial charge >= 0.3 is 0 Å². The van der Waals surface area contributed by atoms with Gasteiger partial charge in [-0.05, 0) is 0 Å². The van der Waals surface area contributed by atoms with E-state index in [1.807, 2.05) is 12.3 Å². The van der Waals surface area contributed by atoms with E-state index >= 15 is 0 Å². The van der Waals surface area contributed by atoms with Gasteiger partial charge in [0.1, 0.15) is 6.29 Å². The molecule has 0 saturated heterocycles. The molecule has 2 nitrogen and oxygen atoms in total. The molecule has 0 N–H and O–H groups in total. The van der Waals surface area contributed by atoms with Crippen LogP contribution in [0.1, 0.15) is 24.3 Å². The molecule has 0 aliphatic heterocycles. The maximum absolute atomic E-state index is 10.1. The number of aromatic nitrogens is 1. The molecule has 0 fully saturated rings. The average molecular weight is 155 g/mol. The SMILES string of the molecule is C[C@H](CC=O)c1nccs1. The van der Waals surface area contributed by atoms with Crippen molar-refractivity contribution in [1.82, 2.24) is 4.98 Å². The van der Waals surface area contributed by atoms with Crippen LogP contribution in [-0.2, 0) is 4.79 Å². The largest absolute Gasteiger partial charge is 0.303 e. The van der Waals surface area contributed by atoms with Gasteiger partial charge < -0.3 is 4.79 Å². The lowest BCUT2D eigenvalue weighted by molar-refractivity contribution is -0.108. The van der Waals surface area contributed by atoms with Gasteiger partial charge in [-0.3, -0.25) is 0 Å². The molecule has 0 bridgehead atoms. The number of rotatable bonds is 3. The molecule has 1 heterocycles. The number of aldehydes is 1. The van der Waals surface area contributed by atoms with Crippen LogP contribution in [0, 0.1) is 0 Å². The van der Waals surface area contributed by atoms with E-state index < -0.39 is 0 Å². The van der Waals surface area contributed by atoms with Crippen LogP contribution in [0.4, 0.5) is 0 Å². The van der Waals surface area contributed by atoms with Crippen molar-refractivity contribution in [2.75, 3.05) is 0 Å². The predicted octanol–water partition coefficient (Wildman–Crippen LogP) is 1.84. The van der Waals surface area contributed by atoms with Crippen molar-refractivity contribution < 1.29 is 4.79 Å². The monoisotopic (exact) mass is 155 g/mol. The van der Waals surface area contributed by atoms with Crippen LogP contribution >= 0.6 is 11.3 Å². The van der Waals surface area contributed by atoms with Crippen molar-refractivity contribution in [3.8, 4) is 0 Å². The van der Waals surface area contributed by atoms with Gasteiger partial charge in [-0.1, -0.05) is 6.92 Å². The second kappa shape index (κ2) is 3.46. The Balaban J connectivity index is 2.58. The summed E-state index contributed by atoms with van der Waals surface area (Å²) in [7, 11) is 0. The summed E-state index contributed by atoms with van der Waals surface area (Å²) >= 11 is 1.60. The van der Waals surface area contributed by atoms with E-state index in [-0.39, 0.29) is 5.92 Å². The van der Waals surface area contributed by atoms with Crippen LogP contribution in [0.15, 0.2) is 11.6 Å². The highest BCUT2D eigenvalue weighted by Crippen LogP contribution is 2.19. The summed E-state index contributed by atoms with van der Waals surface area (Å²) in [5.74, 6) is 0.289. The fourth-order valence-corrected chi connectivity index (χ4v) is 1.43. The van der Waals surface area contributed by atoms with E-state index in [9.17, 15) is 4.79 Å². The Labute approximate surface area is 63.9 Å². The molecule has 0 spiro atoms. The zero-order valence-corrected chi connectivity index (χ0v) is 6.60. The first-order valence-electron chi connectivity index (χ1n) is 3.17. The van der Waals surface area contributed by atoms with Crippen molar-refractivity contribution >= 4 is 17.6 Å². The summed E-state index contributed by atoms with van der Waals surface area (Å²) < 4.78 is 0. The molecule has 54 valence electrons. The molecule has 1 aromatic heterocycles. The van der Waals surface area contributed by atoms with Gasteiger partial charge in [-0.25, -0.2) is 4.98 Å². The van der Waals surface area contributed by atoms with E-state index in [0.29, 0.717) is 6.42 Å². The highest BCUT2D eigenvalue weighted by atomic mass is 32.1. The molecule has 0 radical (unpaired) electrons. The Hall–Kier alpha value is -0.700. The summed E-state index contributed by atoms with van der Waals surface area (Å²) in [5.41, 5.74) is 0. The smallest absolute Gasteiger partial charge is 0.120 e. The topological polar surface area (TPSA) is 30.0 Å². The lowest BCUT2D eigenvalue weighted by atomic mass is 10.1. The van der Waals surface area contributed by atoms with Crippen LogP contribution < -0.4 is 0 Å². The van der Waals surface area contributed by atoms with Crippen molar-refractivity contribution in [2.24, 2.45) is 0 Å². The summed E-state index contributed by atoms with van der Waals surface area (Å²) in [6.45, 7) is 2.01. The van der Waals surface area contributed by atoms with E-state index in [1.54, 1.807) is 17.5 Å². The van der Waals surface area contributed by atoms with Gasteiger partial charge in [0.05, 0.1) is 5.01 Å². The quantitative estimate of drug-likeness (QED) is 0.623. The second-order valence-electron chi connectivity index (χ2n) is 2.17. The Morgan fingerprint density at radius 3 is 3.20 bits per heavy atom. The summed E-state index contributed by atoms with van der Waals surface area (Å²) in [6, 6.07) is 0. The minimum atomic E-state index is 0.289. The van der Waals surface area contributed by atoms with E-state index in [4.69, 9.17) is 0 Å². The second-order valence-corrected chi connectivity index (χ2v) is 3.10. The first-order chi connectivity index (χ1) is 4.84. The molecule has 0 unspecified atom stereocenters. The van der Waals surface area contributed by atoms with Gasteiger partial charge in [0.15, 0.2) is 0 Å². The fourth-order valence-electron chi connectivity index (χ4n) is 0.723. The maximum Gasteiger partial charge on any atom is 0.120 e. The van der Waals surface area contributed by atoms with Crippen molar-refractivity contribution in [3.05, 3.63) is 16.6 Å². The van der Waals surface area contributed by atoms with Crippen LogP contribution in [0.5, 0.6) is 0 Å². The summed E-state index contributed by atoms with van der Waals surface area (Å²) in [4.78, 5) is 14.2. The third kappa shape index (κ3) is 1.64. The number of carbonyl (C=O) groups is 1. The first kappa shape index (κ1) is 7.41. The highest BCUT2D eigenvalue weighted by molar-refractivity contribution is 7.09. The highest BCUT2D eigenvalue weighted by Gasteiger charge is 2.05. The molecule has 3 heteroatoms. The summed E-state index contributed by atoms with van der Waals surface area (Å²) in [6.07, 6.45) is 3.28. The van der Waals surface area contributed by atoms with Gasteiger partial charge in [-0.15, -0.1) is 11.3 Å². The molecule has 1 aromatic rings. The lowest BCUT2D eigenvalue weighted by Gasteiger charge is -1.99. The minimum absolute atomic E-state index is 0.289.